The fourth-order valence-electron chi connectivity index (χ4n) is 1.14. The van der Waals surface area contributed by atoms with Crippen LogP contribution in [0.5, 0.6) is 0 Å². The minimum Gasteiger partial charge on any atom is -0.285 e. The number of hydrogen-bond acceptors (Lipinski definition) is 0. The second-order valence-corrected chi connectivity index (χ2v) is 2.70. The Labute approximate surface area is 55.5 Å². The molecule has 2 rings (SSSR count). The average molecular weight is 120 g/mol. The molecule has 1 aliphatic heterocycles. The van der Waals surface area contributed by atoms with Crippen molar-refractivity contribution in [1.82, 2.24) is 5.32 Å². The van der Waals surface area contributed by atoms with Crippen LogP contribution in [0, 0.1) is 5.92 Å². The van der Waals surface area contributed by atoms with Crippen LogP contribution in [0.25, 0.3) is 0 Å². The summed E-state index contributed by atoms with van der Waals surface area (Å²) in [6, 6.07) is 0.523. The summed E-state index contributed by atoms with van der Waals surface area (Å²) in [4.78, 5) is 0. The molecule has 1 radical (unpaired) electrons. The maximum absolute atomic E-state index is 4.32. The Hall–Kier alpha value is -0.720. The number of allylic oxidation sites excluding steroid dienone is 2. The molecule has 1 heteroatoms. The van der Waals surface area contributed by atoms with Gasteiger partial charge in [0.15, 0.2) is 0 Å². The molecule has 1 nitrogen and oxygen atoms in total. The number of hydrogen-bond donors (Lipinski definition) is 0. The Balaban J connectivity index is 1.98. The lowest BCUT2D eigenvalue weighted by Crippen LogP contribution is -2.18. The third-order valence-electron chi connectivity index (χ3n) is 1.87. The molecule has 47 valence electrons. The van der Waals surface area contributed by atoms with Crippen LogP contribution < -0.4 is 5.32 Å². The maximum atomic E-state index is 4.32. The lowest BCUT2D eigenvalue weighted by atomic mass is 10.1. The van der Waals surface area contributed by atoms with E-state index in [1.165, 1.54) is 12.8 Å². The normalized spacial score (nSPS) is 32.2. The fourth-order valence-corrected chi connectivity index (χ4v) is 1.14. The van der Waals surface area contributed by atoms with Crippen molar-refractivity contribution in [3.05, 3.63) is 24.4 Å². The Morgan fingerprint density at radius 2 is 2.11 bits per heavy atom. The molecule has 0 aromatic rings. The summed E-state index contributed by atoms with van der Waals surface area (Å²) in [6.45, 7) is 0. The van der Waals surface area contributed by atoms with Gasteiger partial charge >= 0.3 is 0 Å². The molecule has 0 aromatic heterocycles. The third-order valence-corrected chi connectivity index (χ3v) is 1.87. The lowest BCUT2D eigenvalue weighted by molar-refractivity contribution is 0.606. The molecular weight excluding hydrogens is 110 g/mol. The first-order valence-corrected chi connectivity index (χ1v) is 3.50. The van der Waals surface area contributed by atoms with Gasteiger partial charge in [0.05, 0.1) is 6.04 Å². The summed E-state index contributed by atoms with van der Waals surface area (Å²) in [6.07, 6.45) is 10.9. The van der Waals surface area contributed by atoms with Crippen LogP contribution in [0.4, 0.5) is 0 Å². The van der Waals surface area contributed by atoms with Crippen molar-refractivity contribution in [2.45, 2.75) is 18.9 Å². The summed E-state index contributed by atoms with van der Waals surface area (Å²) in [7, 11) is 0. The van der Waals surface area contributed by atoms with E-state index in [-0.39, 0.29) is 0 Å². The second-order valence-electron chi connectivity index (χ2n) is 2.70. The van der Waals surface area contributed by atoms with Crippen LogP contribution in [0.2, 0.25) is 0 Å². The smallest absolute Gasteiger partial charge is 0.0711 e. The Bertz CT molecular complexity index is 154. The van der Waals surface area contributed by atoms with E-state index in [1.54, 1.807) is 0 Å². The zero-order valence-corrected chi connectivity index (χ0v) is 5.33. The molecule has 0 saturated heterocycles. The van der Waals surface area contributed by atoms with Crippen molar-refractivity contribution in [2.75, 3.05) is 0 Å². The molecule has 1 unspecified atom stereocenters. The van der Waals surface area contributed by atoms with Crippen molar-refractivity contribution in [3.8, 4) is 0 Å². The van der Waals surface area contributed by atoms with Gasteiger partial charge in [-0.2, -0.15) is 0 Å². The monoisotopic (exact) mass is 120 g/mol. The molecule has 1 heterocycles. The zero-order chi connectivity index (χ0) is 6.10. The quantitative estimate of drug-likeness (QED) is 0.497. The number of rotatable bonds is 1. The van der Waals surface area contributed by atoms with Gasteiger partial charge in [0.25, 0.3) is 0 Å². The van der Waals surface area contributed by atoms with Crippen molar-refractivity contribution in [3.63, 3.8) is 0 Å². The molecule has 2 aliphatic rings. The van der Waals surface area contributed by atoms with Crippen LogP contribution in [0.1, 0.15) is 12.8 Å². The van der Waals surface area contributed by atoms with Crippen molar-refractivity contribution >= 4 is 0 Å². The molecule has 1 atom stereocenters. The summed E-state index contributed by atoms with van der Waals surface area (Å²) in [5.74, 6) is 0.881. The average Bonchev–Trinajstić information content (AvgIpc) is 2.71. The Kier molecular flexibility index (Phi) is 1.08. The van der Waals surface area contributed by atoms with E-state index < -0.39 is 0 Å². The van der Waals surface area contributed by atoms with E-state index in [4.69, 9.17) is 0 Å². The largest absolute Gasteiger partial charge is 0.285 e. The Morgan fingerprint density at radius 1 is 1.22 bits per heavy atom. The van der Waals surface area contributed by atoms with Gasteiger partial charge in [-0.15, -0.1) is 0 Å². The van der Waals surface area contributed by atoms with E-state index in [1.807, 2.05) is 12.3 Å². The van der Waals surface area contributed by atoms with Crippen molar-refractivity contribution in [1.29, 1.82) is 0 Å². The van der Waals surface area contributed by atoms with Gasteiger partial charge in [0.1, 0.15) is 0 Å². The highest BCUT2D eigenvalue weighted by molar-refractivity contribution is 5.14. The number of nitrogens with zero attached hydrogens (tertiary/aromatic N) is 1. The molecule has 1 saturated carbocycles. The van der Waals surface area contributed by atoms with E-state index in [9.17, 15) is 0 Å². The molecule has 9 heavy (non-hydrogen) atoms. The predicted octanol–water partition coefficient (Wildman–Crippen LogP) is 1.45. The molecule has 0 aromatic carbocycles. The van der Waals surface area contributed by atoms with E-state index in [2.05, 4.69) is 17.5 Å². The van der Waals surface area contributed by atoms with Crippen LogP contribution in [-0.2, 0) is 0 Å². The molecule has 0 bridgehead atoms. The minimum absolute atomic E-state index is 0.523. The van der Waals surface area contributed by atoms with E-state index >= 15 is 0 Å². The first kappa shape index (κ1) is 5.10. The summed E-state index contributed by atoms with van der Waals surface area (Å²) in [5.41, 5.74) is 0. The summed E-state index contributed by atoms with van der Waals surface area (Å²) >= 11 is 0. The molecule has 0 amide bonds. The molecule has 0 N–H and O–H groups in total. The fraction of sp³-hybridized carbons (Fsp3) is 0.500. The minimum atomic E-state index is 0.523. The third kappa shape index (κ3) is 0.995. The van der Waals surface area contributed by atoms with Crippen molar-refractivity contribution in [2.24, 2.45) is 5.92 Å². The molecule has 1 fully saturated rings. The van der Waals surface area contributed by atoms with Gasteiger partial charge in [-0.1, -0.05) is 12.2 Å². The van der Waals surface area contributed by atoms with Gasteiger partial charge in [-0.05, 0) is 24.8 Å². The van der Waals surface area contributed by atoms with E-state index in [0.717, 1.165) is 5.92 Å². The SMILES string of the molecule is C1=C[N]C(C2CC2)C=C1. The van der Waals surface area contributed by atoms with Crippen LogP contribution in [-0.4, -0.2) is 6.04 Å². The Morgan fingerprint density at radius 3 is 2.67 bits per heavy atom. The van der Waals surface area contributed by atoms with Crippen LogP contribution in [0.15, 0.2) is 24.4 Å². The second kappa shape index (κ2) is 1.90. The van der Waals surface area contributed by atoms with E-state index in [0.29, 0.717) is 6.04 Å². The van der Waals surface area contributed by atoms with Gasteiger partial charge in [0, 0.05) is 6.20 Å². The highest BCUT2D eigenvalue weighted by atomic mass is 14.9. The zero-order valence-electron chi connectivity index (χ0n) is 5.33. The summed E-state index contributed by atoms with van der Waals surface area (Å²) < 4.78 is 0. The topological polar surface area (TPSA) is 14.1 Å². The highest BCUT2D eigenvalue weighted by Gasteiger charge is 2.29. The van der Waals surface area contributed by atoms with Crippen LogP contribution >= 0.6 is 0 Å². The first-order chi connectivity index (χ1) is 4.47. The highest BCUT2D eigenvalue weighted by Crippen LogP contribution is 2.34. The van der Waals surface area contributed by atoms with Gasteiger partial charge in [-0.25, -0.2) is 0 Å². The van der Waals surface area contributed by atoms with Crippen LogP contribution in [0.3, 0.4) is 0 Å². The van der Waals surface area contributed by atoms with Gasteiger partial charge in [-0.3, -0.25) is 5.32 Å². The van der Waals surface area contributed by atoms with Gasteiger partial charge < -0.3 is 0 Å². The molecular formula is C8H10N. The standard InChI is InChI=1S/C8H10N/c1-2-6-9-8(3-1)7-4-5-7/h1-3,6-8H,4-5H2. The van der Waals surface area contributed by atoms with Crippen molar-refractivity contribution < 1.29 is 0 Å². The lowest BCUT2D eigenvalue weighted by Gasteiger charge is -2.10. The molecule has 0 spiro atoms. The predicted molar refractivity (Wildman–Crippen MR) is 36.9 cm³/mol. The maximum Gasteiger partial charge on any atom is 0.0711 e. The molecule has 1 aliphatic carbocycles. The van der Waals surface area contributed by atoms with Gasteiger partial charge in [0.2, 0.25) is 0 Å². The summed E-state index contributed by atoms with van der Waals surface area (Å²) in [5, 5.41) is 4.32. The first-order valence-electron chi connectivity index (χ1n) is 3.50.